The van der Waals surface area contributed by atoms with Crippen LogP contribution in [-0.4, -0.2) is 83.9 Å². The molecule has 39 heavy (non-hydrogen) atoms. The fourth-order valence-corrected chi connectivity index (χ4v) is 5.47. The highest BCUT2D eigenvalue weighted by Crippen LogP contribution is 2.36. The maximum absolute atomic E-state index is 14.1. The van der Waals surface area contributed by atoms with Gasteiger partial charge >= 0.3 is 0 Å². The zero-order valence-corrected chi connectivity index (χ0v) is 23.3. The van der Waals surface area contributed by atoms with Crippen LogP contribution < -0.4 is 11.1 Å². The van der Waals surface area contributed by atoms with Gasteiger partial charge in [-0.3, -0.25) is 19.4 Å². The molecule has 3 aromatic rings. The van der Waals surface area contributed by atoms with Gasteiger partial charge in [-0.2, -0.15) is 0 Å². The van der Waals surface area contributed by atoms with Gasteiger partial charge in [0.25, 0.3) is 0 Å². The van der Waals surface area contributed by atoms with Gasteiger partial charge in [-0.05, 0) is 43.4 Å². The summed E-state index contributed by atoms with van der Waals surface area (Å²) in [4.78, 5) is 45.7. The molecular formula is C30H40N6O3. The van der Waals surface area contributed by atoms with Crippen LogP contribution in [0.3, 0.4) is 0 Å². The molecule has 2 aromatic carbocycles. The van der Waals surface area contributed by atoms with Crippen LogP contribution in [0, 0.1) is 5.41 Å². The first-order chi connectivity index (χ1) is 18.6. The number of likely N-dealkylation sites (tertiary alicyclic amines) is 1. The van der Waals surface area contributed by atoms with Gasteiger partial charge in [0.1, 0.15) is 6.04 Å². The fraction of sp³-hybridized carbons (Fsp3) is 0.433. The van der Waals surface area contributed by atoms with Crippen molar-refractivity contribution in [1.29, 1.82) is 0 Å². The lowest BCUT2D eigenvalue weighted by atomic mass is 9.74. The van der Waals surface area contributed by atoms with Gasteiger partial charge in [0, 0.05) is 57.8 Å². The van der Waals surface area contributed by atoms with Crippen LogP contribution in [0.5, 0.6) is 0 Å². The number of fused-ring (bicyclic) bond motifs is 1. The van der Waals surface area contributed by atoms with E-state index in [1.54, 1.807) is 28.9 Å². The largest absolute Gasteiger partial charge is 0.361 e. The van der Waals surface area contributed by atoms with Crippen molar-refractivity contribution in [1.82, 2.24) is 25.2 Å². The number of H-pyrrole nitrogens is 1. The number of benzene rings is 2. The monoisotopic (exact) mass is 532 g/mol. The number of rotatable bonds is 9. The molecule has 1 aliphatic rings. The van der Waals surface area contributed by atoms with Crippen LogP contribution in [0.4, 0.5) is 0 Å². The molecule has 3 atom stereocenters. The number of amides is 3. The van der Waals surface area contributed by atoms with Crippen molar-refractivity contribution in [3.05, 3.63) is 71.9 Å². The molecule has 9 heteroatoms. The van der Waals surface area contributed by atoms with Crippen LogP contribution >= 0.6 is 0 Å². The van der Waals surface area contributed by atoms with E-state index in [2.05, 4.69) is 10.3 Å². The lowest BCUT2D eigenvalue weighted by Crippen LogP contribution is -2.60. The van der Waals surface area contributed by atoms with Gasteiger partial charge in [0.15, 0.2) is 0 Å². The van der Waals surface area contributed by atoms with E-state index in [-0.39, 0.29) is 24.3 Å². The number of nitrogens with two attached hydrogens (primary N) is 1. The second-order valence-electron chi connectivity index (χ2n) is 10.9. The van der Waals surface area contributed by atoms with Gasteiger partial charge in [0.05, 0.1) is 11.5 Å². The van der Waals surface area contributed by atoms with E-state index >= 15 is 0 Å². The molecule has 1 fully saturated rings. The highest BCUT2D eigenvalue weighted by molar-refractivity contribution is 5.92. The molecule has 9 nitrogen and oxygen atoms in total. The van der Waals surface area contributed by atoms with Crippen molar-refractivity contribution in [3.8, 4) is 0 Å². The van der Waals surface area contributed by atoms with E-state index in [1.165, 1.54) is 0 Å². The first-order valence-corrected chi connectivity index (χ1v) is 13.5. The predicted molar refractivity (Wildman–Crippen MR) is 152 cm³/mol. The molecule has 1 aliphatic heterocycles. The number of hydrogen-bond acceptors (Lipinski definition) is 5. The lowest BCUT2D eigenvalue weighted by Gasteiger charge is -2.45. The van der Waals surface area contributed by atoms with Crippen LogP contribution in [0.2, 0.25) is 0 Å². The van der Waals surface area contributed by atoms with Gasteiger partial charge in [-0.15, -0.1) is 0 Å². The molecule has 1 aromatic heterocycles. The van der Waals surface area contributed by atoms with Crippen molar-refractivity contribution in [2.75, 3.05) is 34.2 Å². The number of hydrogen-bond donors (Lipinski definition) is 3. The Labute approximate surface area is 230 Å². The Morgan fingerprint density at radius 3 is 2.46 bits per heavy atom. The zero-order valence-electron chi connectivity index (χ0n) is 23.3. The molecule has 2 unspecified atom stereocenters. The van der Waals surface area contributed by atoms with E-state index in [9.17, 15) is 14.4 Å². The summed E-state index contributed by atoms with van der Waals surface area (Å²) in [6.45, 7) is 2.40. The minimum atomic E-state index is -0.808. The molecule has 4 N–H and O–H groups in total. The second kappa shape index (κ2) is 12.0. The van der Waals surface area contributed by atoms with Crippen LogP contribution in [-0.2, 0) is 27.2 Å². The number of hydrazine groups is 1. The van der Waals surface area contributed by atoms with Crippen molar-refractivity contribution in [2.24, 2.45) is 11.1 Å². The third kappa shape index (κ3) is 6.32. The molecule has 4 rings (SSSR count). The maximum atomic E-state index is 14.1. The van der Waals surface area contributed by atoms with Gasteiger partial charge in [-0.1, -0.05) is 48.5 Å². The molecule has 0 bridgehead atoms. The maximum Gasteiger partial charge on any atom is 0.245 e. The first-order valence-electron chi connectivity index (χ1n) is 13.5. The fourth-order valence-electron chi connectivity index (χ4n) is 5.47. The van der Waals surface area contributed by atoms with Gasteiger partial charge in [0.2, 0.25) is 17.7 Å². The number of nitrogens with zero attached hydrogens (tertiary/aromatic N) is 3. The first kappa shape index (κ1) is 28.3. The molecule has 3 amide bonds. The second-order valence-corrected chi connectivity index (χ2v) is 10.9. The SMILES string of the molecule is CC(N)C(=O)N[C@H](Cc1c[nH]c2ccccc12)C(=O)N1CCCC(Cc2ccccc2)(C(=O)N(C)N(C)C)C1. The van der Waals surface area contributed by atoms with E-state index in [1.807, 2.05) is 74.9 Å². The average Bonchev–Trinajstić information content (AvgIpc) is 3.34. The summed E-state index contributed by atoms with van der Waals surface area (Å²) in [6.07, 6.45) is 4.08. The smallest absolute Gasteiger partial charge is 0.245 e. The van der Waals surface area contributed by atoms with Gasteiger partial charge in [-0.25, -0.2) is 5.01 Å². The summed E-state index contributed by atoms with van der Waals surface area (Å²) in [7, 11) is 5.43. The molecular weight excluding hydrogens is 492 g/mol. The van der Waals surface area contributed by atoms with Crippen LogP contribution in [0.1, 0.15) is 30.9 Å². The quantitative estimate of drug-likeness (QED) is 0.366. The van der Waals surface area contributed by atoms with Crippen molar-refractivity contribution < 1.29 is 14.4 Å². The number of aromatic nitrogens is 1. The third-order valence-electron chi connectivity index (χ3n) is 7.75. The third-order valence-corrected chi connectivity index (χ3v) is 7.75. The normalized spacial score (nSPS) is 19.1. The van der Waals surface area contributed by atoms with E-state index in [0.29, 0.717) is 32.2 Å². The van der Waals surface area contributed by atoms with Crippen molar-refractivity contribution in [3.63, 3.8) is 0 Å². The predicted octanol–water partition coefficient (Wildman–Crippen LogP) is 2.33. The molecule has 0 aliphatic carbocycles. The average molecular weight is 533 g/mol. The number of aromatic amines is 1. The zero-order chi connectivity index (χ0) is 28.2. The summed E-state index contributed by atoms with van der Waals surface area (Å²) in [6, 6.07) is 16.2. The van der Waals surface area contributed by atoms with Crippen molar-refractivity contribution in [2.45, 2.75) is 44.7 Å². The molecule has 208 valence electrons. The summed E-state index contributed by atoms with van der Waals surface area (Å²) in [5, 5.41) is 7.28. The van der Waals surface area contributed by atoms with E-state index < -0.39 is 17.5 Å². The molecule has 2 heterocycles. The Morgan fingerprint density at radius 2 is 1.77 bits per heavy atom. The topological polar surface area (TPSA) is 115 Å². The summed E-state index contributed by atoms with van der Waals surface area (Å²) < 4.78 is 0. The van der Waals surface area contributed by atoms with Crippen LogP contribution in [0.15, 0.2) is 60.8 Å². The van der Waals surface area contributed by atoms with Crippen LogP contribution in [0.25, 0.3) is 10.9 Å². The lowest BCUT2D eigenvalue weighted by molar-refractivity contribution is -0.159. The summed E-state index contributed by atoms with van der Waals surface area (Å²) in [5.41, 5.74) is 8.02. The standard InChI is InChI=1S/C30H40N6O3/c1-21(31)27(37)33-26(17-23-19-32-25-14-9-8-13-24(23)25)28(38)36-16-10-15-30(20-36,29(39)35(4)34(2)3)18-22-11-6-5-7-12-22/h5-9,11-14,19,21,26,32H,10,15-18,20,31H2,1-4H3,(H,33,37)/t21?,26-,30?/m1/s1. The number of carbonyl (C=O) groups is 3. The Morgan fingerprint density at radius 1 is 1.08 bits per heavy atom. The number of carbonyl (C=O) groups excluding carboxylic acids is 3. The molecule has 0 radical (unpaired) electrons. The van der Waals surface area contributed by atoms with Crippen molar-refractivity contribution >= 4 is 28.6 Å². The number of nitrogens with one attached hydrogen (secondary N) is 2. The summed E-state index contributed by atoms with van der Waals surface area (Å²) >= 11 is 0. The highest BCUT2D eigenvalue weighted by Gasteiger charge is 2.46. The minimum absolute atomic E-state index is 0.0263. The number of para-hydroxylation sites is 1. The Bertz CT molecular complexity index is 1300. The molecule has 1 saturated heterocycles. The minimum Gasteiger partial charge on any atom is -0.361 e. The highest BCUT2D eigenvalue weighted by atomic mass is 16.2. The molecule has 0 spiro atoms. The Balaban J connectivity index is 1.65. The van der Waals surface area contributed by atoms with Gasteiger partial charge < -0.3 is 20.9 Å². The Kier molecular flexibility index (Phi) is 8.72. The van der Waals surface area contributed by atoms with E-state index in [0.717, 1.165) is 22.0 Å². The molecule has 0 saturated carbocycles. The van der Waals surface area contributed by atoms with E-state index in [4.69, 9.17) is 5.73 Å². The number of piperidine rings is 1. The summed E-state index contributed by atoms with van der Waals surface area (Å²) in [5.74, 6) is -0.613. The Hall–Kier alpha value is -3.69.